The molecule has 0 spiro atoms. The molecule has 0 bridgehead atoms. The number of likely N-dealkylation sites (N-methyl/N-ethyl adjacent to an activating group) is 1. The highest BCUT2D eigenvalue weighted by molar-refractivity contribution is 6.31. The maximum absolute atomic E-state index is 6.31. The molecule has 0 radical (unpaired) electrons. The van der Waals surface area contributed by atoms with E-state index >= 15 is 0 Å². The molecule has 1 saturated carbocycles. The number of hydrogen-bond donors (Lipinski definition) is 1. The Balaban J connectivity index is 1.86. The van der Waals surface area contributed by atoms with Gasteiger partial charge in [0.15, 0.2) is 0 Å². The van der Waals surface area contributed by atoms with Crippen LogP contribution in [-0.2, 0) is 13.1 Å². The van der Waals surface area contributed by atoms with Crippen LogP contribution < -0.4 is 5.32 Å². The number of aryl methyl sites for hydroxylation is 2. The molecule has 0 unspecified atom stereocenters. The van der Waals surface area contributed by atoms with E-state index in [1.54, 1.807) is 0 Å². The summed E-state index contributed by atoms with van der Waals surface area (Å²) in [5, 5.41) is 8.79. The Hall–Kier alpha value is -0.580. The zero-order valence-corrected chi connectivity index (χ0v) is 12.3. The zero-order chi connectivity index (χ0) is 13.1. The first kappa shape index (κ1) is 13.8. The fraction of sp³-hybridized carbons (Fsp3) is 0.769. The second kappa shape index (κ2) is 6.04. The van der Waals surface area contributed by atoms with Crippen LogP contribution in [0.3, 0.4) is 0 Å². The Morgan fingerprint density at radius 1 is 1.50 bits per heavy atom. The van der Waals surface area contributed by atoms with Crippen molar-refractivity contribution in [3.05, 3.63) is 16.4 Å². The summed E-state index contributed by atoms with van der Waals surface area (Å²) < 4.78 is 2.00. The molecule has 0 aliphatic heterocycles. The van der Waals surface area contributed by atoms with Gasteiger partial charge in [-0.1, -0.05) is 11.6 Å². The van der Waals surface area contributed by atoms with Gasteiger partial charge in [-0.3, -0.25) is 9.58 Å². The molecule has 0 amide bonds. The summed E-state index contributed by atoms with van der Waals surface area (Å²) >= 11 is 6.31. The zero-order valence-electron chi connectivity index (χ0n) is 11.5. The number of rotatable bonds is 7. The molecule has 2 rings (SSSR count). The first-order valence-corrected chi connectivity index (χ1v) is 7.13. The molecule has 0 atom stereocenters. The van der Waals surface area contributed by atoms with Gasteiger partial charge in [-0.2, -0.15) is 5.10 Å². The molecule has 1 aromatic heterocycles. The van der Waals surface area contributed by atoms with Crippen molar-refractivity contribution in [1.29, 1.82) is 0 Å². The minimum atomic E-state index is 0.783. The molecule has 1 N–H and O–H groups in total. The molecule has 18 heavy (non-hydrogen) atoms. The van der Waals surface area contributed by atoms with Gasteiger partial charge in [-0.05, 0) is 33.7 Å². The summed E-state index contributed by atoms with van der Waals surface area (Å²) in [6.07, 6.45) is 2.69. The lowest BCUT2D eigenvalue weighted by Gasteiger charge is -2.17. The van der Waals surface area contributed by atoms with Gasteiger partial charge in [-0.15, -0.1) is 0 Å². The predicted octanol–water partition coefficient (Wildman–Crippen LogP) is 2.05. The summed E-state index contributed by atoms with van der Waals surface area (Å²) in [6.45, 7) is 7.89. The number of aromatic nitrogens is 2. The number of nitrogens with one attached hydrogen (secondary N) is 1. The highest BCUT2D eigenvalue weighted by Crippen LogP contribution is 2.21. The van der Waals surface area contributed by atoms with Crippen LogP contribution in [0.25, 0.3) is 0 Å². The van der Waals surface area contributed by atoms with E-state index in [9.17, 15) is 0 Å². The van der Waals surface area contributed by atoms with E-state index in [0.29, 0.717) is 0 Å². The van der Waals surface area contributed by atoms with E-state index in [-0.39, 0.29) is 0 Å². The van der Waals surface area contributed by atoms with Crippen molar-refractivity contribution >= 4 is 11.6 Å². The van der Waals surface area contributed by atoms with Crippen molar-refractivity contribution in [1.82, 2.24) is 20.0 Å². The summed E-state index contributed by atoms with van der Waals surface area (Å²) in [5.41, 5.74) is 2.06. The molecule has 4 nitrogen and oxygen atoms in total. The van der Waals surface area contributed by atoms with Crippen molar-refractivity contribution < 1.29 is 0 Å². The molecule has 1 fully saturated rings. The van der Waals surface area contributed by atoms with Crippen molar-refractivity contribution in [3.8, 4) is 0 Å². The van der Waals surface area contributed by atoms with Crippen molar-refractivity contribution in [3.63, 3.8) is 0 Å². The Morgan fingerprint density at radius 3 is 2.83 bits per heavy atom. The predicted molar refractivity (Wildman–Crippen MR) is 75.0 cm³/mol. The summed E-state index contributed by atoms with van der Waals surface area (Å²) in [5.74, 6) is 0. The lowest BCUT2D eigenvalue weighted by molar-refractivity contribution is 0.313. The van der Waals surface area contributed by atoms with E-state index < -0.39 is 0 Å². The lowest BCUT2D eigenvalue weighted by atomic mass is 10.3. The van der Waals surface area contributed by atoms with Crippen LogP contribution >= 0.6 is 11.6 Å². The minimum Gasteiger partial charge on any atom is -0.313 e. The molecule has 1 heterocycles. The highest BCUT2D eigenvalue weighted by Gasteiger charge is 2.20. The number of nitrogens with zero attached hydrogens (tertiary/aromatic N) is 3. The average molecular weight is 271 g/mol. The molecule has 0 aromatic carbocycles. The summed E-state index contributed by atoms with van der Waals surface area (Å²) in [6, 6.07) is 0.783. The molecular weight excluding hydrogens is 248 g/mol. The topological polar surface area (TPSA) is 33.1 Å². The Morgan fingerprint density at radius 2 is 2.22 bits per heavy atom. The SMILES string of the molecule is CCn1nc(C)c(Cl)c1CN(C)CCNC1CC1. The number of hydrogen-bond acceptors (Lipinski definition) is 3. The monoisotopic (exact) mass is 270 g/mol. The minimum absolute atomic E-state index is 0.783. The Kier molecular flexibility index (Phi) is 4.65. The van der Waals surface area contributed by atoms with Crippen LogP contribution in [0.4, 0.5) is 0 Å². The molecule has 102 valence electrons. The van der Waals surface area contributed by atoms with Crippen molar-refractivity contribution in [2.75, 3.05) is 20.1 Å². The summed E-state index contributed by atoms with van der Waals surface area (Å²) in [7, 11) is 2.13. The quantitative estimate of drug-likeness (QED) is 0.823. The first-order chi connectivity index (χ1) is 8.61. The van der Waals surface area contributed by atoms with E-state index in [0.717, 1.165) is 48.6 Å². The lowest BCUT2D eigenvalue weighted by Crippen LogP contribution is -2.30. The van der Waals surface area contributed by atoms with Gasteiger partial charge in [0, 0.05) is 32.2 Å². The van der Waals surface area contributed by atoms with E-state index in [1.807, 2.05) is 11.6 Å². The largest absolute Gasteiger partial charge is 0.313 e. The average Bonchev–Trinajstić information content (AvgIpc) is 3.12. The van der Waals surface area contributed by atoms with E-state index in [2.05, 4.69) is 29.3 Å². The van der Waals surface area contributed by atoms with Gasteiger partial charge >= 0.3 is 0 Å². The third kappa shape index (κ3) is 3.46. The van der Waals surface area contributed by atoms with Gasteiger partial charge in [0.1, 0.15) is 0 Å². The molecule has 1 aliphatic rings. The summed E-state index contributed by atoms with van der Waals surface area (Å²) in [4.78, 5) is 2.30. The van der Waals surface area contributed by atoms with Crippen LogP contribution in [0.15, 0.2) is 0 Å². The number of halogens is 1. The van der Waals surface area contributed by atoms with Crippen LogP contribution in [-0.4, -0.2) is 40.9 Å². The molecular formula is C13H23ClN4. The van der Waals surface area contributed by atoms with Crippen LogP contribution in [0.5, 0.6) is 0 Å². The third-order valence-corrected chi connectivity index (χ3v) is 3.87. The highest BCUT2D eigenvalue weighted by atomic mass is 35.5. The third-order valence-electron chi connectivity index (χ3n) is 3.38. The van der Waals surface area contributed by atoms with Gasteiger partial charge in [-0.25, -0.2) is 0 Å². The second-order valence-corrected chi connectivity index (χ2v) is 5.51. The molecule has 1 aliphatic carbocycles. The van der Waals surface area contributed by atoms with Crippen molar-refractivity contribution in [2.45, 2.75) is 45.8 Å². The van der Waals surface area contributed by atoms with Gasteiger partial charge in [0.25, 0.3) is 0 Å². The van der Waals surface area contributed by atoms with E-state index in [1.165, 1.54) is 12.8 Å². The van der Waals surface area contributed by atoms with Gasteiger partial charge < -0.3 is 5.32 Å². The van der Waals surface area contributed by atoms with Crippen LogP contribution in [0.1, 0.15) is 31.2 Å². The molecule has 1 aromatic rings. The maximum atomic E-state index is 6.31. The maximum Gasteiger partial charge on any atom is 0.0860 e. The smallest absolute Gasteiger partial charge is 0.0860 e. The first-order valence-electron chi connectivity index (χ1n) is 6.75. The fourth-order valence-corrected chi connectivity index (χ4v) is 2.30. The molecule has 0 saturated heterocycles. The second-order valence-electron chi connectivity index (χ2n) is 5.13. The van der Waals surface area contributed by atoms with Gasteiger partial charge in [0.05, 0.1) is 16.4 Å². The van der Waals surface area contributed by atoms with Crippen molar-refractivity contribution in [2.24, 2.45) is 0 Å². The molecule has 5 heteroatoms. The fourth-order valence-electron chi connectivity index (χ4n) is 2.10. The van der Waals surface area contributed by atoms with Crippen LogP contribution in [0, 0.1) is 6.92 Å². The Bertz CT molecular complexity index is 398. The standard InChI is InChI=1S/C13H23ClN4/c1-4-18-12(13(14)10(2)16-18)9-17(3)8-7-15-11-5-6-11/h11,15H,4-9H2,1-3H3. The Labute approximate surface area is 114 Å². The van der Waals surface area contributed by atoms with E-state index in [4.69, 9.17) is 11.6 Å². The normalized spacial score (nSPS) is 15.6. The van der Waals surface area contributed by atoms with Gasteiger partial charge in [0.2, 0.25) is 0 Å². The van der Waals surface area contributed by atoms with Crippen LogP contribution in [0.2, 0.25) is 5.02 Å².